The van der Waals surface area contributed by atoms with Crippen LogP contribution in [0.1, 0.15) is 24.9 Å². The lowest BCUT2D eigenvalue weighted by Crippen LogP contribution is -2.26. The molecule has 2 unspecified atom stereocenters. The fraction of sp³-hybridized carbons (Fsp3) is 0.600. The van der Waals surface area contributed by atoms with Crippen molar-refractivity contribution in [2.75, 3.05) is 38.6 Å². The van der Waals surface area contributed by atoms with Gasteiger partial charge in [-0.15, -0.1) is 0 Å². The molecule has 0 radical (unpaired) electrons. The average Bonchev–Trinajstić information content (AvgIpc) is 2.86. The molecule has 0 amide bonds. The highest BCUT2D eigenvalue weighted by Crippen LogP contribution is 2.27. The van der Waals surface area contributed by atoms with Gasteiger partial charge >= 0.3 is 0 Å². The van der Waals surface area contributed by atoms with Crippen LogP contribution < -0.4 is 10.6 Å². The van der Waals surface area contributed by atoms with E-state index < -0.39 is 0 Å². The summed E-state index contributed by atoms with van der Waals surface area (Å²) >= 11 is 0. The number of benzene rings is 1. The van der Waals surface area contributed by atoms with Crippen LogP contribution >= 0.6 is 0 Å². The molecule has 0 bridgehead atoms. The van der Waals surface area contributed by atoms with Crippen molar-refractivity contribution < 1.29 is 0 Å². The number of nitrogens with two attached hydrogens (primary N) is 1. The summed E-state index contributed by atoms with van der Waals surface area (Å²) in [5.74, 6) is 0.688. The van der Waals surface area contributed by atoms with Gasteiger partial charge in [0.05, 0.1) is 0 Å². The second-order valence-electron chi connectivity index (χ2n) is 5.55. The zero-order chi connectivity index (χ0) is 13.1. The van der Waals surface area contributed by atoms with E-state index in [9.17, 15) is 0 Å². The number of rotatable bonds is 4. The summed E-state index contributed by atoms with van der Waals surface area (Å²) in [7, 11) is 4.15. The van der Waals surface area contributed by atoms with E-state index in [1.807, 2.05) is 0 Å². The Kier molecular flexibility index (Phi) is 4.25. The van der Waals surface area contributed by atoms with Gasteiger partial charge in [0, 0.05) is 32.4 Å². The highest BCUT2D eigenvalue weighted by molar-refractivity contribution is 5.46. The molecule has 1 aliphatic rings. The van der Waals surface area contributed by atoms with E-state index in [4.69, 9.17) is 5.73 Å². The Morgan fingerprint density at radius 2 is 2.00 bits per heavy atom. The SMILES string of the molecule is CC(c1ccc(N(C)C)cc1)N1CCC(CN)C1. The van der Waals surface area contributed by atoms with Crippen LogP contribution in [0.3, 0.4) is 0 Å². The molecule has 3 heteroatoms. The Labute approximate surface area is 111 Å². The third-order valence-electron chi connectivity index (χ3n) is 4.09. The van der Waals surface area contributed by atoms with Crippen molar-refractivity contribution in [2.24, 2.45) is 11.7 Å². The summed E-state index contributed by atoms with van der Waals surface area (Å²) in [4.78, 5) is 4.68. The second-order valence-corrected chi connectivity index (χ2v) is 5.55. The number of likely N-dealkylation sites (tertiary alicyclic amines) is 1. The molecule has 0 aromatic heterocycles. The molecule has 1 saturated heterocycles. The highest BCUT2D eigenvalue weighted by atomic mass is 15.2. The Morgan fingerprint density at radius 3 is 2.50 bits per heavy atom. The predicted molar refractivity (Wildman–Crippen MR) is 77.9 cm³/mol. The van der Waals surface area contributed by atoms with Crippen LogP contribution in [0, 0.1) is 5.92 Å². The van der Waals surface area contributed by atoms with Crippen molar-refractivity contribution in [1.29, 1.82) is 0 Å². The molecule has 100 valence electrons. The van der Waals surface area contributed by atoms with Crippen molar-refractivity contribution in [3.63, 3.8) is 0 Å². The Bertz CT molecular complexity index is 372. The lowest BCUT2D eigenvalue weighted by atomic mass is 10.1. The van der Waals surface area contributed by atoms with Gasteiger partial charge in [0.2, 0.25) is 0 Å². The van der Waals surface area contributed by atoms with Crippen molar-refractivity contribution in [1.82, 2.24) is 4.90 Å². The molecule has 0 saturated carbocycles. The Balaban J connectivity index is 2.02. The summed E-state index contributed by atoms with van der Waals surface area (Å²) in [5.41, 5.74) is 8.41. The second kappa shape index (κ2) is 5.72. The molecule has 1 aliphatic heterocycles. The fourth-order valence-electron chi connectivity index (χ4n) is 2.67. The first-order chi connectivity index (χ1) is 8.61. The quantitative estimate of drug-likeness (QED) is 0.884. The molecule has 1 aromatic rings. The number of hydrogen-bond acceptors (Lipinski definition) is 3. The molecule has 1 fully saturated rings. The Hall–Kier alpha value is -1.06. The molecule has 2 rings (SSSR count). The Morgan fingerprint density at radius 1 is 1.33 bits per heavy atom. The van der Waals surface area contributed by atoms with Crippen LogP contribution in [-0.2, 0) is 0 Å². The molecular weight excluding hydrogens is 222 g/mol. The van der Waals surface area contributed by atoms with E-state index in [0.29, 0.717) is 12.0 Å². The minimum absolute atomic E-state index is 0.498. The fourth-order valence-corrected chi connectivity index (χ4v) is 2.67. The molecule has 0 spiro atoms. The maximum absolute atomic E-state index is 5.76. The van der Waals surface area contributed by atoms with Gasteiger partial charge in [0.15, 0.2) is 0 Å². The summed E-state index contributed by atoms with van der Waals surface area (Å²) < 4.78 is 0. The first-order valence-electron chi connectivity index (χ1n) is 6.83. The molecule has 2 atom stereocenters. The third-order valence-corrected chi connectivity index (χ3v) is 4.09. The van der Waals surface area contributed by atoms with Gasteiger partial charge in [-0.2, -0.15) is 0 Å². The predicted octanol–water partition coefficient (Wildman–Crippen LogP) is 2.09. The van der Waals surface area contributed by atoms with Gasteiger partial charge in [0.1, 0.15) is 0 Å². The summed E-state index contributed by atoms with van der Waals surface area (Å²) in [5, 5.41) is 0. The van der Waals surface area contributed by atoms with Crippen molar-refractivity contribution >= 4 is 5.69 Å². The number of hydrogen-bond donors (Lipinski definition) is 1. The van der Waals surface area contributed by atoms with Crippen LogP contribution in [0.25, 0.3) is 0 Å². The van der Waals surface area contributed by atoms with Crippen LogP contribution in [-0.4, -0.2) is 38.6 Å². The van der Waals surface area contributed by atoms with Crippen molar-refractivity contribution in [2.45, 2.75) is 19.4 Å². The van der Waals surface area contributed by atoms with Crippen LogP contribution in [0.15, 0.2) is 24.3 Å². The highest BCUT2D eigenvalue weighted by Gasteiger charge is 2.25. The minimum atomic E-state index is 0.498. The maximum Gasteiger partial charge on any atom is 0.0361 e. The normalized spacial score (nSPS) is 22.1. The molecule has 18 heavy (non-hydrogen) atoms. The van der Waals surface area contributed by atoms with E-state index in [2.05, 4.69) is 55.1 Å². The summed E-state index contributed by atoms with van der Waals surface area (Å²) in [6.45, 7) is 5.44. The average molecular weight is 247 g/mol. The summed E-state index contributed by atoms with van der Waals surface area (Å²) in [6, 6.07) is 9.38. The van der Waals surface area contributed by atoms with Crippen LogP contribution in [0.5, 0.6) is 0 Å². The standard InChI is InChI=1S/C15H25N3/c1-12(18-9-8-13(10-16)11-18)14-4-6-15(7-5-14)17(2)3/h4-7,12-13H,8-11,16H2,1-3H3. The van der Waals surface area contributed by atoms with E-state index in [-0.39, 0.29) is 0 Å². The van der Waals surface area contributed by atoms with Gasteiger partial charge < -0.3 is 10.6 Å². The van der Waals surface area contributed by atoms with Crippen molar-refractivity contribution in [3.05, 3.63) is 29.8 Å². The third kappa shape index (κ3) is 2.85. The molecule has 3 nitrogen and oxygen atoms in total. The maximum atomic E-state index is 5.76. The van der Waals surface area contributed by atoms with Gasteiger partial charge in [0.25, 0.3) is 0 Å². The van der Waals surface area contributed by atoms with E-state index in [1.165, 1.54) is 24.2 Å². The molecule has 1 heterocycles. The van der Waals surface area contributed by atoms with E-state index >= 15 is 0 Å². The smallest absolute Gasteiger partial charge is 0.0361 e. The first-order valence-corrected chi connectivity index (χ1v) is 6.83. The van der Waals surface area contributed by atoms with E-state index in [0.717, 1.165) is 13.1 Å². The van der Waals surface area contributed by atoms with Gasteiger partial charge in [-0.1, -0.05) is 12.1 Å². The largest absolute Gasteiger partial charge is 0.378 e. The number of nitrogens with zero attached hydrogens (tertiary/aromatic N) is 2. The zero-order valence-corrected chi connectivity index (χ0v) is 11.8. The van der Waals surface area contributed by atoms with Gasteiger partial charge in [-0.05, 0) is 50.0 Å². The lowest BCUT2D eigenvalue weighted by Gasteiger charge is -2.25. The molecular formula is C15H25N3. The van der Waals surface area contributed by atoms with Gasteiger partial charge in [-0.25, -0.2) is 0 Å². The lowest BCUT2D eigenvalue weighted by molar-refractivity contribution is 0.253. The minimum Gasteiger partial charge on any atom is -0.378 e. The first kappa shape index (κ1) is 13.4. The number of anilines is 1. The topological polar surface area (TPSA) is 32.5 Å². The zero-order valence-electron chi connectivity index (χ0n) is 11.8. The van der Waals surface area contributed by atoms with Crippen LogP contribution in [0.4, 0.5) is 5.69 Å². The molecule has 0 aliphatic carbocycles. The van der Waals surface area contributed by atoms with Gasteiger partial charge in [-0.3, -0.25) is 4.90 Å². The molecule has 2 N–H and O–H groups in total. The van der Waals surface area contributed by atoms with E-state index in [1.54, 1.807) is 0 Å². The van der Waals surface area contributed by atoms with Crippen LogP contribution in [0.2, 0.25) is 0 Å². The summed E-state index contributed by atoms with van der Waals surface area (Å²) in [6.07, 6.45) is 1.25. The van der Waals surface area contributed by atoms with Crippen molar-refractivity contribution in [3.8, 4) is 0 Å². The molecule has 1 aromatic carbocycles. The monoisotopic (exact) mass is 247 g/mol.